The lowest BCUT2D eigenvalue weighted by atomic mass is 9.80. The third-order valence-electron chi connectivity index (χ3n) is 7.11. The Kier molecular flexibility index (Phi) is 7.84. The van der Waals surface area contributed by atoms with Crippen molar-refractivity contribution < 1.29 is 47.4 Å². The van der Waals surface area contributed by atoms with Crippen molar-refractivity contribution >= 4 is 0 Å². The van der Waals surface area contributed by atoms with Crippen LogP contribution in [0.4, 0.5) is 0 Å². The summed E-state index contributed by atoms with van der Waals surface area (Å²) in [6, 6.07) is 0. The number of rotatable bonds is 8. The van der Waals surface area contributed by atoms with Gasteiger partial charge >= 0.3 is 0 Å². The van der Waals surface area contributed by atoms with E-state index in [0.717, 1.165) is 0 Å². The van der Waals surface area contributed by atoms with E-state index in [4.69, 9.17) is 53.8 Å². The van der Waals surface area contributed by atoms with E-state index >= 15 is 0 Å². The molecule has 0 radical (unpaired) electrons. The van der Waals surface area contributed by atoms with Crippen molar-refractivity contribution in [2.45, 2.75) is 94.4 Å². The molecular formula is C23H38O10. The predicted octanol–water partition coefficient (Wildman–Crippen LogP) is 1.44. The molecule has 3 rings (SSSR count). The molecule has 3 fully saturated rings. The highest BCUT2D eigenvalue weighted by Crippen LogP contribution is 2.50. The number of hydrogen-bond donors (Lipinski definition) is 0. The van der Waals surface area contributed by atoms with E-state index in [1.807, 2.05) is 13.8 Å². The summed E-state index contributed by atoms with van der Waals surface area (Å²) in [5.74, 6) is -2.99. The lowest BCUT2D eigenvalue weighted by molar-refractivity contribution is -0.500. The fourth-order valence-electron chi connectivity index (χ4n) is 4.90. The molecule has 2 aliphatic heterocycles. The number of hydrogen-bond acceptors (Lipinski definition) is 10. The van der Waals surface area contributed by atoms with Crippen LogP contribution in [0, 0.1) is 12.3 Å². The van der Waals surface area contributed by atoms with Crippen LogP contribution in [0.1, 0.15) is 34.6 Å². The number of methoxy groups -OCH3 is 4. The maximum absolute atomic E-state index is 6.51. The van der Waals surface area contributed by atoms with Crippen LogP contribution >= 0.6 is 0 Å². The van der Waals surface area contributed by atoms with Crippen molar-refractivity contribution in [3.05, 3.63) is 0 Å². The quantitative estimate of drug-likeness (QED) is 0.481. The second-order valence-corrected chi connectivity index (χ2v) is 8.58. The van der Waals surface area contributed by atoms with E-state index in [1.54, 1.807) is 20.8 Å². The largest absolute Gasteiger partial charge is 0.373 e. The number of fused-ring (bicyclic) bond motifs is 2. The van der Waals surface area contributed by atoms with Gasteiger partial charge in [-0.3, -0.25) is 0 Å². The minimum Gasteiger partial charge on any atom is -0.373 e. The van der Waals surface area contributed by atoms with Crippen LogP contribution in [0.3, 0.4) is 0 Å². The summed E-state index contributed by atoms with van der Waals surface area (Å²) in [6.45, 7) is 9.70. The van der Waals surface area contributed by atoms with E-state index in [-0.39, 0.29) is 0 Å². The van der Waals surface area contributed by atoms with Crippen molar-refractivity contribution in [2.24, 2.45) is 0 Å². The van der Waals surface area contributed by atoms with Crippen LogP contribution in [0.15, 0.2) is 0 Å². The summed E-state index contributed by atoms with van der Waals surface area (Å²) < 4.78 is 60.9. The molecule has 0 amide bonds. The molecule has 10 nitrogen and oxygen atoms in total. The monoisotopic (exact) mass is 474 g/mol. The first kappa shape index (κ1) is 26.8. The number of ether oxygens (including phenoxy) is 10. The first-order valence-electron chi connectivity index (χ1n) is 11.2. The zero-order valence-corrected chi connectivity index (χ0v) is 21.0. The Morgan fingerprint density at radius 2 is 1.00 bits per heavy atom. The second kappa shape index (κ2) is 9.66. The van der Waals surface area contributed by atoms with Gasteiger partial charge in [-0.05, 0) is 40.5 Å². The summed E-state index contributed by atoms with van der Waals surface area (Å²) in [7, 11) is 5.97. The zero-order valence-electron chi connectivity index (χ0n) is 21.0. The van der Waals surface area contributed by atoms with Crippen molar-refractivity contribution in [2.75, 3.05) is 41.7 Å². The molecule has 0 unspecified atom stereocenters. The molecule has 2 heterocycles. The molecule has 1 saturated carbocycles. The Bertz CT molecular complexity index is 729. The van der Waals surface area contributed by atoms with Crippen LogP contribution in [0.25, 0.3) is 0 Å². The molecule has 10 heteroatoms. The van der Waals surface area contributed by atoms with Gasteiger partial charge in [0, 0.05) is 41.7 Å². The summed E-state index contributed by atoms with van der Waals surface area (Å²) in [4.78, 5) is 0. The summed E-state index contributed by atoms with van der Waals surface area (Å²) in [6.07, 6.45) is 1.89. The van der Waals surface area contributed by atoms with Crippen LogP contribution in [-0.4, -0.2) is 101 Å². The maximum atomic E-state index is 6.51. The first-order valence-corrected chi connectivity index (χ1v) is 11.2. The molecule has 0 aromatic rings. The van der Waals surface area contributed by atoms with Crippen molar-refractivity contribution in [3.63, 3.8) is 0 Å². The van der Waals surface area contributed by atoms with E-state index in [0.29, 0.717) is 13.2 Å². The third kappa shape index (κ3) is 3.93. The lowest BCUT2D eigenvalue weighted by Crippen LogP contribution is -2.80. The summed E-state index contributed by atoms with van der Waals surface area (Å²) >= 11 is 0. The van der Waals surface area contributed by atoms with Gasteiger partial charge in [0.2, 0.25) is 17.4 Å². The van der Waals surface area contributed by atoms with E-state index < -0.39 is 59.8 Å². The SMILES string of the molecule is C#C[C@@]1(OC)O[C@H]2[C@H](OCC)[C@H]3O[C@](C)(OC)[C@@](C)(OC)O[C@@H]3[C@H](OCC)[C@@H]2O[C@@]1(C)OC. The topological polar surface area (TPSA) is 92.3 Å². The Balaban J connectivity index is 2.12. The van der Waals surface area contributed by atoms with E-state index in [1.165, 1.54) is 28.4 Å². The third-order valence-corrected chi connectivity index (χ3v) is 7.11. The molecule has 2 saturated heterocycles. The molecule has 0 N–H and O–H groups in total. The van der Waals surface area contributed by atoms with Crippen LogP contribution < -0.4 is 0 Å². The Hall–Kier alpha value is -0.840. The fourth-order valence-corrected chi connectivity index (χ4v) is 4.90. The van der Waals surface area contributed by atoms with Crippen molar-refractivity contribution in [1.82, 2.24) is 0 Å². The van der Waals surface area contributed by atoms with Gasteiger partial charge in [0.25, 0.3) is 5.79 Å². The van der Waals surface area contributed by atoms with Gasteiger partial charge < -0.3 is 47.4 Å². The van der Waals surface area contributed by atoms with Gasteiger partial charge in [-0.1, -0.05) is 0 Å². The zero-order chi connectivity index (χ0) is 24.7. The normalized spacial score (nSPS) is 49.7. The van der Waals surface area contributed by atoms with Crippen LogP contribution in [0.5, 0.6) is 0 Å². The van der Waals surface area contributed by atoms with Crippen molar-refractivity contribution in [1.29, 1.82) is 0 Å². The molecule has 10 atom stereocenters. The summed E-state index contributed by atoms with van der Waals surface area (Å²) in [5.41, 5.74) is 0. The molecule has 0 aromatic heterocycles. The molecular weight excluding hydrogens is 436 g/mol. The second-order valence-electron chi connectivity index (χ2n) is 8.58. The predicted molar refractivity (Wildman–Crippen MR) is 115 cm³/mol. The van der Waals surface area contributed by atoms with Gasteiger partial charge in [0.1, 0.15) is 36.6 Å². The van der Waals surface area contributed by atoms with Crippen LogP contribution in [-0.2, 0) is 47.4 Å². The summed E-state index contributed by atoms with van der Waals surface area (Å²) in [5, 5.41) is 0. The molecule has 0 spiro atoms. The smallest absolute Gasteiger partial charge is 0.289 e. The highest BCUT2D eigenvalue weighted by Gasteiger charge is 2.70. The Morgan fingerprint density at radius 1 is 0.636 bits per heavy atom. The highest BCUT2D eigenvalue weighted by molar-refractivity contribution is 5.17. The highest BCUT2D eigenvalue weighted by atomic mass is 16.8. The number of terminal acetylenes is 1. The molecule has 3 aliphatic rings. The minimum atomic E-state index is -1.64. The van der Waals surface area contributed by atoms with Crippen molar-refractivity contribution in [3.8, 4) is 12.3 Å². The Labute approximate surface area is 196 Å². The van der Waals surface area contributed by atoms with Gasteiger partial charge in [-0.2, -0.15) is 0 Å². The first-order chi connectivity index (χ1) is 15.6. The van der Waals surface area contributed by atoms with Gasteiger partial charge in [0.05, 0.1) is 0 Å². The standard InChI is InChI=1S/C23H38O10/c1-11-23(27-10)22(6,26-9)32-18-14(28-12-2)16-17(15(29-13-3)19(18)33-23)31-21(5,25-8)20(4,24-7)30-16/h1,14-19H,12-13H2,2-10H3/t14-,15+,16+,17+,18-,19-,20-,21-,22+,23+/m0/s1. The molecule has 190 valence electrons. The minimum absolute atomic E-state index is 0.381. The van der Waals surface area contributed by atoms with Gasteiger partial charge in [-0.15, -0.1) is 6.42 Å². The molecule has 33 heavy (non-hydrogen) atoms. The molecule has 0 aromatic carbocycles. The average molecular weight is 475 g/mol. The van der Waals surface area contributed by atoms with E-state index in [2.05, 4.69) is 5.92 Å². The molecule has 1 aliphatic carbocycles. The maximum Gasteiger partial charge on any atom is 0.289 e. The van der Waals surface area contributed by atoms with Gasteiger partial charge in [-0.25, -0.2) is 0 Å². The fraction of sp³-hybridized carbons (Fsp3) is 0.913. The van der Waals surface area contributed by atoms with Crippen LogP contribution in [0.2, 0.25) is 0 Å². The molecule has 0 bridgehead atoms. The lowest BCUT2D eigenvalue weighted by Gasteiger charge is -2.62. The van der Waals surface area contributed by atoms with Gasteiger partial charge in [0.15, 0.2) is 0 Å². The Morgan fingerprint density at radius 3 is 1.30 bits per heavy atom. The average Bonchev–Trinajstić information content (AvgIpc) is 2.82. The van der Waals surface area contributed by atoms with E-state index in [9.17, 15) is 0 Å².